The number of ether oxygens (including phenoxy) is 1. The molecule has 2 atom stereocenters. The van der Waals surface area contributed by atoms with Crippen LogP contribution in [0.5, 0.6) is 0 Å². The van der Waals surface area contributed by atoms with E-state index in [9.17, 15) is 5.11 Å². The minimum Gasteiger partial charge on any atom is -0.396 e. The standard InChI is InChI=1S/C14H18O2/c15-9-13-7-8-16-14(13)12-5-3-11(4-6-12)10-1-2-10/h3-6,10,13-15H,1-2,7-9H2. The van der Waals surface area contributed by atoms with Crippen LogP contribution in [0.3, 0.4) is 0 Å². The molecule has 0 aromatic heterocycles. The predicted octanol–water partition coefficient (Wildman–Crippen LogP) is 2.63. The van der Waals surface area contributed by atoms with E-state index in [-0.39, 0.29) is 18.6 Å². The number of aliphatic hydroxyl groups is 1. The lowest BCUT2D eigenvalue weighted by Crippen LogP contribution is -2.11. The Labute approximate surface area is 96.2 Å². The summed E-state index contributed by atoms with van der Waals surface area (Å²) in [5, 5.41) is 9.27. The van der Waals surface area contributed by atoms with Gasteiger partial charge >= 0.3 is 0 Å². The van der Waals surface area contributed by atoms with Gasteiger partial charge in [-0.25, -0.2) is 0 Å². The van der Waals surface area contributed by atoms with Crippen LogP contribution in [-0.2, 0) is 4.74 Å². The largest absolute Gasteiger partial charge is 0.396 e. The van der Waals surface area contributed by atoms with Crippen LogP contribution in [0, 0.1) is 5.92 Å². The highest BCUT2D eigenvalue weighted by molar-refractivity contribution is 5.29. The molecule has 1 heterocycles. The molecule has 1 aliphatic carbocycles. The Hall–Kier alpha value is -0.860. The lowest BCUT2D eigenvalue weighted by atomic mass is 9.95. The summed E-state index contributed by atoms with van der Waals surface area (Å²) in [6.07, 6.45) is 3.78. The zero-order chi connectivity index (χ0) is 11.0. The van der Waals surface area contributed by atoms with E-state index in [1.54, 1.807) is 0 Å². The van der Waals surface area contributed by atoms with Gasteiger partial charge in [0.05, 0.1) is 6.10 Å². The Balaban J connectivity index is 1.77. The first-order valence-corrected chi connectivity index (χ1v) is 6.21. The van der Waals surface area contributed by atoms with Crippen molar-refractivity contribution in [3.8, 4) is 0 Å². The fourth-order valence-corrected chi connectivity index (χ4v) is 2.56. The topological polar surface area (TPSA) is 29.5 Å². The van der Waals surface area contributed by atoms with Crippen LogP contribution in [0.25, 0.3) is 0 Å². The van der Waals surface area contributed by atoms with Gasteiger partial charge in [0.2, 0.25) is 0 Å². The van der Waals surface area contributed by atoms with Crippen LogP contribution in [0.1, 0.15) is 42.4 Å². The highest BCUT2D eigenvalue weighted by Gasteiger charge is 2.29. The lowest BCUT2D eigenvalue weighted by Gasteiger charge is -2.17. The molecule has 1 aromatic rings. The third-order valence-electron chi connectivity index (χ3n) is 3.76. The third-order valence-corrected chi connectivity index (χ3v) is 3.76. The van der Waals surface area contributed by atoms with E-state index in [0.717, 1.165) is 18.9 Å². The fraction of sp³-hybridized carbons (Fsp3) is 0.571. The number of rotatable bonds is 3. The van der Waals surface area contributed by atoms with Gasteiger partial charge in [-0.3, -0.25) is 0 Å². The third kappa shape index (κ3) is 1.87. The molecule has 0 spiro atoms. The van der Waals surface area contributed by atoms with Crippen LogP contribution in [0.15, 0.2) is 24.3 Å². The maximum Gasteiger partial charge on any atom is 0.0875 e. The van der Waals surface area contributed by atoms with Gasteiger partial charge in [-0.15, -0.1) is 0 Å². The first-order chi connectivity index (χ1) is 7.88. The van der Waals surface area contributed by atoms with E-state index in [1.807, 2.05) is 0 Å². The molecule has 2 nitrogen and oxygen atoms in total. The number of hydrogen-bond acceptors (Lipinski definition) is 2. The maximum atomic E-state index is 9.27. The molecular formula is C14H18O2. The van der Waals surface area contributed by atoms with E-state index >= 15 is 0 Å². The summed E-state index contributed by atoms with van der Waals surface area (Å²) < 4.78 is 5.70. The summed E-state index contributed by atoms with van der Waals surface area (Å²) in [6, 6.07) is 8.80. The smallest absolute Gasteiger partial charge is 0.0875 e. The molecule has 3 rings (SSSR count). The molecule has 1 saturated carbocycles. The van der Waals surface area contributed by atoms with E-state index < -0.39 is 0 Å². The summed E-state index contributed by atoms with van der Waals surface area (Å²) in [4.78, 5) is 0. The van der Waals surface area contributed by atoms with E-state index in [0.29, 0.717) is 0 Å². The van der Waals surface area contributed by atoms with Gasteiger partial charge in [-0.1, -0.05) is 24.3 Å². The van der Waals surface area contributed by atoms with E-state index in [1.165, 1.54) is 24.0 Å². The molecule has 1 aromatic carbocycles. The summed E-state index contributed by atoms with van der Waals surface area (Å²) in [7, 11) is 0. The number of hydrogen-bond donors (Lipinski definition) is 1. The molecule has 86 valence electrons. The minimum absolute atomic E-state index is 0.109. The zero-order valence-electron chi connectivity index (χ0n) is 9.43. The van der Waals surface area contributed by atoms with Gasteiger partial charge in [0.1, 0.15) is 0 Å². The number of aliphatic hydroxyl groups excluding tert-OH is 1. The van der Waals surface area contributed by atoms with Crippen molar-refractivity contribution in [2.24, 2.45) is 5.92 Å². The molecule has 2 aliphatic rings. The quantitative estimate of drug-likeness (QED) is 0.845. The van der Waals surface area contributed by atoms with Gasteiger partial charge in [0.15, 0.2) is 0 Å². The highest BCUT2D eigenvalue weighted by atomic mass is 16.5. The van der Waals surface area contributed by atoms with Crippen molar-refractivity contribution in [2.75, 3.05) is 13.2 Å². The van der Waals surface area contributed by atoms with Gasteiger partial charge in [-0.2, -0.15) is 0 Å². The highest BCUT2D eigenvalue weighted by Crippen LogP contribution is 2.41. The van der Waals surface area contributed by atoms with E-state index in [4.69, 9.17) is 4.74 Å². The molecule has 1 aliphatic heterocycles. The van der Waals surface area contributed by atoms with Crippen molar-refractivity contribution >= 4 is 0 Å². The zero-order valence-corrected chi connectivity index (χ0v) is 9.43. The predicted molar refractivity (Wildman–Crippen MR) is 62.3 cm³/mol. The van der Waals surface area contributed by atoms with Crippen molar-refractivity contribution in [3.05, 3.63) is 35.4 Å². The second-order valence-electron chi connectivity index (χ2n) is 4.96. The summed E-state index contributed by atoms with van der Waals surface area (Å²) in [5.74, 6) is 1.10. The second kappa shape index (κ2) is 4.19. The molecule has 2 heteroatoms. The van der Waals surface area contributed by atoms with E-state index in [2.05, 4.69) is 24.3 Å². The van der Waals surface area contributed by atoms with Crippen LogP contribution in [0.4, 0.5) is 0 Å². The fourth-order valence-electron chi connectivity index (χ4n) is 2.56. The van der Waals surface area contributed by atoms with Gasteiger partial charge in [0.25, 0.3) is 0 Å². The van der Waals surface area contributed by atoms with Gasteiger partial charge in [-0.05, 0) is 36.3 Å². The van der Waals surface area contributed by atoms with Crippen molar-refractivity contribution in [2.45, 2.75) is 31.3 Å². The van der Waals surface area contributed by atoms with Crippen molar-refractivity contribution in [1.29, 1.82) is 0 Å². The average molecular weight is 218 g/mol. The average Bonchev–Trinajstić information content (AvgIpc) is 3.07. The second-order valence-corrected chi connectivity index (χ2v) is 4.96. The summed E-state index contributed by atoms with van der Waals surface area (Å²) >= 11 is 0. The van der Waals surface area contributed by atoms with Crippen LogP contribution in [0.2, 0.25) is 0 Å². The Morgan fingerprint density at radius 1 is 1.06 bits per heavy atom. The molecule has 0 radical (unpaired) electrons. The van der Waals surface area contributed by atoms with Crippen LogP contribution < -0.4 is 0 Å². The Kier molecular flexibility index (Phi) is 2.70. The molecule has 16 heavy (non-hydrogen) atoms. The SMILES string of the molecule is OCC1CCOC1c1ccc(C2CC2)cc1. The van der Waals surface area contributed by atoms with Crippen LogP contribution in [-0.4, -0.2) is 18.3 Å². The molecule has 2 unspecified atom stereocenters. The van der Waals surface area contributed by atoms with Crippen LogP contribution >= 0.6 is 0 Å². The Morgan fingerprint density at radius 3 is 2.38 bits per heavy atom. The van der Waals surface area contributed by atoms with Crippen molar-refractivity contribution in [1.82, 2.24) is 0 Å². The molecule has 1 saturated heterocycles. The first kappa shape index (κ1) is 10.3. The normalized spacial score (nSPS) is 29.6. The minimum atomic E-state index is 0.109. The Bertz CT molecular complexity index is 354. The number of benzene rings is 1. The summed E-state index contributed by atoms with van der Waals surface area (Å²) in [6.45, 7) is 1.01. The lowest BCUT2D eigenvalue weighted by molar-refractivity contribution is 0.0720. The van der Waals surface area contributed by atoms with Crippen molar-refractivity contribution in [3.63, 3.8) is 0 Å². The molecule has 0 bridgehead atoms. The molecule has 2 fully saturated rings. The summed E-state index contributed by atoms with van der Waals surface area (Å²) in [5.41, 5.74) is 2.68. The monoisotopic (exact) mass is 218 g/mol. The molecule has 1 N–H and O–H groups in total. The maximum absolute atomic E-state index is 9.27. The molecular weight excluding hydrogens is 200 g/mol. The van der Waals surface area contributed by atoms with Gasteiger partial charge < -0.3 is 9.84 Å². The molecule has 0 amide bonds. The Morgan fingerprint density at radius 2 is 1.75 bits per heavy atom. The van der Waals surface area contributed by atoms with Crippen molar-refractivity contribution < 1.29 is 9.84 Å². The van der Waals surface area contributed by atoms with Gasteiger partial charge in [0, 0.05) is 19.1 Å². The first-order valence-electron chi connectivity index (χ1n) is 6.21.